The molecule has 0 spiro atoms. The molecule has 1 aromatic rings. The minimum atomic E-state index is -0.486. The first-order chi connectivity index (χ1) is 6.65. The van der Waals surface area contributed by atoms with Crippen LogP contribution in [0.5, 0.6) is 0 Å². The summed E-state index contributed by atoms with van der Waals surface area (Å²) in [6, 6.07) is 4.44. The Balaban J connectivity index is 0.000000791. The minimum absolute atomic E-state index is 0.0949. The Morgan fingerprint density at radius 1 is 1.36 bits per heavy atom. The molecule has 3 heteroatoms. The van der Waals surface area contributed by atoms with Gasteiger partial charge in [0.2, 0.25) is 0 Å². The predicted octanol–water partition coefficient (Wildman–Crippen LogP) is 2.52. The molecule has 0 fully saturated rings. The van der Waals surface area contributed by atoms with E-state index in [4.69, 9.17) is 0 Å². The van der Waals surface area contributed by atoms with E-state index in [1.54, 1.807) is 6.07 Å². The summed E-state index contributed by atoms with van der Waals surface area (Å²) in [5, 5.41) is 2.37. The number of carbonyl (C=O) groups excluding carboxylic acids is 1. The van der Waals surface area contributed by atoms with Crippen LogP contribution in [-0.4, -0.2) is 13.0 Å². The Labute approximate surface area is 84.1 Å². The summed E-state index contributed by atoms with van der Waals surface area (Å²) < 4.78 is 12.9. The van der Waals surface area contributed by atoms with Crippen LogP contribution in [0.25, 0.3) is 0 Å². The van der Waals surface area contributed by atoms with Crippen LogP contribution in [0.2, 0.25) is 0 Å². The van der Waals surface area contributed by atoms with E-state index >= 15 is 0 Å². The van der Waals surface area contributed by atoms with Gasteiger partial charge >= 0.3 is 0 Å². The van der Waals surface area contributed by atoms with E-state index in [9.17, 15) is 9.18 Å². The number of aryl methyl sites for hydroxylation is 1. The van der Waals surface area contributed by atoms with Crippen molar-refractivity contribution < 1.29 is 9.18 Å². The van der Waals surface area contributed by atoms with Gasteiger partial charge in [-0.2, -0.15) is 0 Å². The molecular weight excluding hydrogens is 181 g/mol. The van der Waals surface area contributed by atoms with Gasteiger partial charge in [-0.25, -0.2) is 4.39 Å². The maximum Gasteiger partial charge on any atom is 0.254 e. The molecule has 0 unspecified atom stereocenters. The second-order valence-corrected chi connectivity index (χ2v) is 2.56. The standard InChI is InChI=1S/C9H10FNO.C2H6/c1-6-3-4-8(10)7(5-6)9(12)11-2;1-2/h3-5H,1-2H3,(H,11,12);1-2H3. The molecule has 0 aliphatic carbocycles. The number of halogens is 1. The summed E-state index contributed by atoms with van der Waals surface area (Å²) in [6.45, 7) is 5.81. The third kappa shape index (κ3) is 3.17. The molecule has 0 saturated carbocycles. The predicted molar refractivity (Wildman–Crippen MR) is 55.9 cm³/mol. The van der Waals surface area contributed by atoms with E-state index in [0.29, 0.717) is 0 Å². The number of amides is 1. The molecule has 78 valence electrons. The van der Waals surface area contributed by atoms with Gasteiger partial charge in [0.1, 0.15) is 5.82 Å². The monoisotopic (exact) mass is 197 g/mol. The van der Waals surface area contributed by atoms with Crippen LogP contribution in [0.1, 0.15) is 29.8 Å². The highest BCUT2D eigenvalue weighted by Crippen LogP contribution is 2.09. The Bertz CT molecular complexity index is 310. The number of nitrogens with one attached hydrogen (secondary N) is 1. The SMILES string of the molecule is CC.CNC(=O)c1cc(C)ccc1F. The van der Waals surface area contributed by atoms with Crippen molar-refractivity contribution in [1.29, 1.82) is 0 Å². The maximum absolute atomic E-state index is 12.9. The first-order valence-corrected chi connectivity index (χ1v) is 4.63. The zero-order valence-corrected chi connectivity index (χ0v) is 9.02. The van der Waals surface area contributed by atoms with Crippen LogP contribution in [0.4, 0.5) is 4.39 Å². The summed E-state index contributed by atoms with van der Waals surface area (Å²) in [6.07, 6.45) is 0. The van der Waals surface area contributed by atoms with E-state index in [1.165, 1.54) is 19.2 Å². The Morgan fingerprint density at radius 3 is 2.43 bits per heavy atom. The molecule has 0 saturated heterocycles. The van der Waals surface area contributed by atoms with E-state index in [-0.39, 0.29) is 5.56 Å². The van der Waals surface area contributed by atoms with Crippen molar-refractivity contribution >= 4 is 5.91 Å². The lowest BCUT2D eigenvalue weighted by molar-refractivity contribution is 0.0959. The molecule has 1 rings (SSSR count). The molecule has 0 atom stereocenters. The number of hydrogen-bond donors (Lipinski definition) is 1. The van der Waals surface area contributed by atoms with Gasteiger partial charge < -0.3 is 5.32 Å². The highest BCUT2D eigenvalue weighted by Gasteiger charge is 2.08. The summed E-state index contributed by atoms with van der Waals surface area (Å²) in [7, 11) is 1.48. The van der Waals surface area contributed by atoms with Crippen molar-refractivity contribution in [2.45, 2.75) is 20.8 Å². The molecule has 1 N–H and O–H groups in total. The molecule has 1 aromatic carbocycles. The summed E-state index contributed by atoms with van der Waals surface area (Å²) in [5.41, 5.74) is 0.965. The zero-order valence-electron chi connectivity index (χ0n) is 9.02. The largest absolute Gasteiger partial charge is 0.355 e. The Kier molecular flexibility index (Phi) is 5.53. The first-order valence-electron chi connectivity index (χ1n) is 4.63. The second-order valence-electron chi connectivity index (χ2n) is 2.56. The molecule has 2 nitrogen and oxygen atoms in total. The molecule has 0 heterocycles. The van der Waals surface area contributed by atoms with Gasteiger partial charge in [0, 0.05) is 7.05 Å². The number of rotatable bonds is 1. The molecule has 0 aliphatic heterocycles. The van der Waals surface area contributed by atoms with Crippen molar-refractivity contribution in [2.24, 2.45) is 0 Å². The van der Waals surface area contributed by atoms with E-state index in [0.717, 1.165) is 5.56 Å². The average molecular weight is 197 g/mol. The summed E-state index contributed by atoms with van der Waals surface area (Å²) >= 11 is 0. The van der Waals surface area contributed by atoms with Gasteiger partial charge in [-0.1, -0.05) is 25.5 Å². The van der Waals surface area contributed by atoms with Crippen LogP contribution in [0, 0.1) is 12.7 Å². The van der Waals surface area contributed by atoms with Crippen LogP contribution in [-0.2, 0) is 0 Å². The van der Waals surface area contributed by atoms with E-state index in [1.807, 2.05) is 20.8 Å². The molecule has 0 bridgehead atoms. The molecule has 0 aliphatic rings. The van der Waals surface area contributed by atoms with Gasteiger partial charge in [0.25, 0.3) is 5.91 Å². The van der Waals surface area contributed by atoms with E-state index in [2.05, 4.69) is 5.32 Å². The average Bonchev–Trinajstić information content (AvgIpc) is 2.23. The summed E-state index contributed by atoms with van der Waals surface area (Å²) in [4.78, 5) is 11.0. The molecular formula is C11H16FNO. The molecule has 0 aromatic heterocycles. The molecule has 0 radical (unpaired) electrons. The van der Waals surface area contributed by atoms with Gasteiger partial charge in [0.15, 0.2) is 0 Å². The van der Waals surface area contributed by atoms with Crippen LogP contribution in [0.3, 0.4) is 0 Å². The van der Waals surface area contributed by atoms with Crippen LogP contribution in [0.15, 0.2) is 18.2 Å². The van der Waals surface area contributed by atoms with Gasteiger partial charge in [0.05, 0.1) is 5.56 Å². The molecule has 1 amide bonds. The smallest absolute Gasteiger partial charge is 0.254 e. The van der Waals surface area contributed by atoms with Gasteiger partial charge in [-0.15, -0.1) is 0 Å². The summed E-state index contributed by atoms with van der Waals surface area (Å²) in [5.74, 6) is -0.879. The third-order valence-electron chi connectivity index (χ3n) is 1.59. The fraction of sp³-hybridized carbons (Fsp3) is 0.364. The number of hydrogen-bond acceptors (Lipinski definition) is 1. The first kappa shape index (κ1) is 12.6. The minimum Gasteiger partial charge on any atom is -0.355 e. The van der Waals surface area contributed by atoms with Crippen molar-refractivity contribution in [3.63, 3.8) is 0 Å². The quantitative estimate of drug-likeness (QED) is 0.736. The zero-order chi connectivity index (χ0) is 11.1. The number of carbonyl (C=O) groups is 1. The van der Waals surface area contributed by atoms with Crippen molar-refractivity contribution in [3.05, 3.63) is 35.1 Å². The molecule has 14 heavy (non-hydrogen) atoms. The number of benzene rings is 1. The lowest BCUT2D eigenvalue weighted by atomic mass is 10.1. The fourth-order valence-electron chi connectivity index (χ4n) is 0.948. The third-order valence-corrected chi connectivity index (χ3v) is 1.59. The Morgan fingerprint density at radius 2 is 1.93 bits per heavy atom. The topological polar surface area (TPSA) is 29.1 Å². The lowest BCUT2D eigenvalue weighted by Crippen LogP contribution is -2.19. The van der Waals surface area contributed by atoms with Gasteiger partial charge in [-0.3, -0.25) is 4.79 Å². The van der Waals surface area contributed by atoms with Crippen molar-refractivity contribution in [3.8, 4) is 0 Å². The van der Waals surface area contributed by atoms with Crippen molar-refractivity contribution in [2.75, 3.05) is 7.05 Å². The Hall–Kier alpha value is -1.38. The highest BCUT2D eigenvalue weighted by atomic mass is 19.1. The van der Waals surface area contributed by atoms with Gasteiger partial charge in [-0.05, 0) is 19.1 Å². The second kappa shape index (κ2) is 6.13. The van der Waals surface area contributed by atoms with Crippen LogP contribution >= 0.6 is 0 Å². The highest BCUT2D eigenvalue weighted by molar-refractivity contribution is 5.94. The maximum atomic E-state index is 12.9. The van der Waals surface area contributed by atoms with Crippen molar-refractivity contribution in [1.82, 2.24) is 5.32 Å². The van der Waals surface area contributed by atoms with Crippen LogP contribution < -0.4 is 5.32 Å². The normalized spacial score (nSPS) is 8.64. The van der Waals surface area contributed by atoms with E-state index < -0.39 is 11.7 Å². The fourth-order valence-corrected chi connectivity index (χ4v) is 0.948. The lowest BCUT2D eigenvalue weighted by Gasteiger charge is -2.01.